The van der Waals surface area contributed by atoms with E-state index >= 15 is 0 Å². The van der Waals surface area contributed by atoms with Gasteiger partial charge in [-0.25, -0.2) is 4.98 Å². The largest absolute Gasteiger partial charge is 0.355 e. The minimum absolute atomic E-state index is 0.0341. The zero-order valence-corrected chi connectivity index (χ0v) is 11.8. The summed E-state index contributed by atoms with van der Waals surface area (Å²) in [5, 5.41) is 2.82. The lowest BCUT2D eigenvalue weighted by atomic mass is 10.2. The third kappa shape index (κ3) is 3.04. The number of nitrogens with one attached hydrogen (secondary N) is 1. The summed E-state index contributed by atoms with van der Waals surface area (Å²) in [6, 6.07) is 7.35. The molecule has 1 aromatic carbocycles. The lowest BCUT2D eigenvalue weighted by Gasteiger charge is -2.11. The van der Waals surface area contributed by atoms with E-state index < -0.39 is 0 Å². The van der Waals surface area contributed by atoms with E-state index in [0.717, 1.165) is 18.4 Å². The van der Waals surface area contributed by atoms with Gasteiger partial charge in [0.1, 0.15) is 12.2 Å². The molecule has 0 bridgehead atoms. The van der Waals surface area contributed by atoms with Crippen molar-refractivity contribution in [3.8, 4) is 0 Å². The lowest BCUT2D eigenvalue weighted by Crippen LogP contribution is -2.34. The van der Waals surface area contributed by atoms with Gasteiger partial charge in [-0.2, -0.15) is 0 Å². The first-order valence-corrected chi connectivity index (χ1v) is 6.86. The second-order valence-electron chi connectivity index (χ2n) is 4.78. The van der Waals surface area contributed by atoms with Crippen LogP contribution in [0.4, 0.5) is 0 Å². The van der Waals surface area contributed by atoms with Crippen molar-refractivity contribution < 1.29 is 4.79 Å². The number of hydrogen-bond donors (Lipinski definition) is 1. The molecule has 1 amide bonds. The highest BCUT2D eigenvalue weighted by Crippen LogP contribution is 2.09. The summed E-state index contributed by atoms with van der Waals surface area (Å²) in [5.74, 6) is -0.142. The summed E-state index contributed by atoms with van der Waals surface area (Å²) in [5.41, 5.74) is 1.61. The zero-order chi connectivity index (χ0) is 14.5. The van der Waals surface area contributed by atoms with Crippen LogP contribution in [0.25, 0.3) is 11.0 Å². The molecule has 20 heavy (non-hydrogen) atoms. The quantitative estimate of drug-likeness (QED) is 0.842. The van der Waals surface area contributed by atoms with Crippen molar-refractivity contribution in [3.63, 3.8) is 0 Å². The Morgan fingerprint density at radius 1 is 1.35 bits per heavy atom. The monoisotopic (exact) mass is 273 g/mol. The smallest absolute Gasteiger partial charge is 0.272 e. The molecule has 0 saturated heterocycles. The minimum atomic E-state index is -0.214. The van der Waals surface area contributed by atoms with Gasteiger partial charge in [0.25, 0.3) is 5.56 Å². The van der Waals surface area contributed by atoms with Crippen LogP contribution in [-0.4, -0.2) is 22.0 Å². The maximum Gasteiger partial charge on any atom is 0.272 e. The Kier molecular flexibility index (Phi) is 4.50. The van der Waals surface area contributed by atoms with Crippen LogP contribution in [0.15, 0.2) is 29.1 Å². The summed E-state index contributed by atoms with van der Waals surface area (Å²) in [7, 11) is 0. The number of para-hydroxylation sites is 2. The fraction of sp³-hybridized carbons (Fsp3) is 0.400. The Bertz CT molecular complexity index is 676. The first-order chi connectivity index (χ1) is 9.63. The van der Waals surface area contributed by atoms with E-state index in [2.05, 4.69) is 17.2 Å². The van der Waals surface area contributed by atoms with Crippen molar-refractivity contribution in [2.45, 2.75) is 33.2 Å². The summed E-state index contributed by atoms with van der Waals surface area (Å²) >= 11 is 0. The summed E-state index contributed by atoms with van der Waals surface area (Å²) in [4.78, 5) is 28.3. The van der Waals surface area contributed by atoms with Crippen molar-refractivity contribution in [1.29, 1.82) is 0 Å². The maximum absolute atomic E-state index is 12.2. The highest BCUT2D eigenvalue weighted by atomic mass is 16.2. The number of hydrogen-bond acceptors (Lipinski definition) is 3. The van der Waals surface area contributed by atoms with Gasteiger partial charge in [-0.1, -0.05) is 25.5 Å². The molecule has 0 fully saturated rings. The van der Waals surface area contributed by atoms with E-state index in [4.69, 9.17) is 0 Å². The molecular formula is C15H19N3O2. The van der Waals surface area contributed by atoms with Crippen molar-refractivity contribution in [1.82, 2.24) is 14.9 Å². The molecule has 0 aliphatic carbocycles. The number of amides is 1. The Labute approximate surface area is 117 Å². The number of fused-ring (bicyclic) bond motifs is 1. The number of unbranched alkanes of at least 4 members (excludes halogenated alkanes) is 1. The Hall–Kier alpha value is -2.17. The SMILES string of the molecule is CCCCNC(=O)Cn1c(=O)c(C)nc2ccccc21. The molecule has 0 spiro atoms. The molecule has 0 atom stereocenters. The molecule has 1 N–H and O–H groups in total. The second-order valence-corrected chi connectivity index (χ2v) is 4.78. The van der Waals surface area contributed by atoms with Crippen LogP contribution in [0.2, 0.25) is 0 Å². The molecule has 1 heterocycles. The number of aryl methyl sites for hydroxylation is 1. The number of nitrogens with zero attached hydrogens (tertiary/aromatic N) is 2. The molecular weight excluding hydrogens is 254 g/mol. The van der Waals surface area contributed by atoms with E-state index in [1.807, 2.05) is 24.3 Å². The highest BCUT2D eigenvalue weighted by molar-refractivity contribution is 5.80. The van der Waals surface area contributed by atoms with E-state index in [-0.39, 0.29) is 18.0 Å². The van der Waals surface area contributed by atoms with E-state index in [1.54, 1.807) is 6.92 Å². The van der Waals surface area contributed by atoms with Crippen LogP contribution in [0.3, 0.4) is 0 Å². The van der Waals surface area contributed by atoms with E-state index in [0.29, 0.717) is 17.8 Å². The fourth-order valence-electron chi connectivity index (χ4n) is 2.08. The molecule has 5 heteroatoms. The van der Waals surface area contributed by atoms with Crippen LogP contribution < -0.4 is 10.9 Å². The van der Waals surface area contributed by atoms with Crippen LogP contribution in [-0.2, 0) is 11.3 Å². The summed E-state index contributed by atoms with van der Waals surface area (Å²) in [6.07, 6.45) is 1.97. The number of benzene rings is 1. The van der Waals surface area contributed by atoms with Gasteiger partial charge in [-0.05, 0) is 25.5 Å². The number of rotatable bonds is 5. The number of carbonyl (C=O) groups excluding carboxylic acids is 1. The predicted molar refractivity (Wildman–Crippen MR) is 78.7 cm³/mol. The molecule has 1 aromatic heterocycles. The van der Waals surface area contributed by atoms with Crippen molar-refractivity contribution >= 4 is 16.9 Å². The van der Waals surface area contributed by atoms with Gasteiger partial charge >= 0.3 is 0 Å². The normalized spacial score (nSPS) is 10.7. The third-order valence-electron chi connectivity index (χ3n) is 3.17. The first kappa shape index (κ1) is 14.2. The van der Waals surface area contributed by atoms with Crippen LogP contribution in [0.5, 0.6) is 0 Å². The molecule has 0 unspecified atom stereocenters. The van der Waals surface area contributed by atoms with Crippen molar-refractivity contribution in [3.05, 3.63) is 40.3 Å². The minimum Gasteiger partial charge on any atom is -0.355 e. The van der Waals surface area contributed by atoms with Crippen molar-refractivity contribution in [2.75, 3.05) is 6.54 Å². The van der Waals surface area contributed by atoms with Crippen LogP contribution in [0.1, 0.15) is 25.5 Å². The zero-order valence-electron chi connectivity index (χ0n) is 11.8. The molecule has 2 aromatic rings. The number of aromatic nitrogens is 2. The van der Waals surface area contributed by atoms with E-state index in [9.17, 15) is 9.59 Å². The maximum atomic E-state index is 12.2. The van der Waals surface area contributed by atoms with Gasteiger partial charge < -0.3 is 5.32 Å². The highest BCUT2D eigenvalue weighted by Gasteiger charge is 2.10. The summed E-state index contributed by atoms with van der Waals surface area (Å²) < 4.78 is 1.49. The lowest BCUT2D eigenvalue weighted by molar-refractivity contribution is -0.121. The van der Waals surface area contributed by atoms with Gasteiger partial charge in [-0.15, -0.1) is 0 Å². The average Bonchev–Trinajstić information content (AvgIpc) is 2.44. The second kappa shape index (κ2) is 6.32. The van der Waals surface area contributed by atoms with Gasteiger partial charge in [0, 0.05) is 6.54 Å². The molecule has 0 saturated carbocycles. The molecule has 5 nitrogen and oxygen atoms in total. The molecule has 0 radical (unpaired) electrons. The van der Waals surface area contributed by atoms with Crippen LogP contribution in [0, 0.1) is 6.92 Å². The van der Waals surface area contributed by atoms with E-state index in [1.165, 1.54) is 4.57 Å². The van der Waals surface area contributed by atoms with Gasteiger partial charge in [-0.3, -0.25) is 14.2 Å². The standard InChI is InChI=1S/C15H19N3O2/c1-3-4-9-16-14(19)10-18-13-8-6-5-7-12(13)17-11(2)15(18)20/h5-8H,3-4,9-10H2,1-2H3,(H,16,19). The predicted octanol–water partition coefficient (Wildman–Crippen LogP) is 1.62. The molecule has 2 rings (SSSR count). The first-order valence-electron chi connectivity index (χ1n) is 6.86. The average molecular weight is 273 g/mol. The fourth-order valence-corrected chi connectivity index (χ4v) is 2.08. The Balaban J connectivity index is 2.31. The Morgan fingerprint density at radius 3 is 2.85 bits per heavy atom. The summed E-state index contributed by atoms with van der Waals surface area (Å²) in [6.45, 7) is 4.41. The van der Waals surface area contributed by atoms with Crippen LogP contribution >= 0.6 is 0 Å². The molecule has 106 valence electrons. The molecule has 0 aliphatic rings. The third-order valence-corrected chi connectivity index (χ3v) is 3.17. The van der Waals surface area contributed by atoms with Gasteiger partial charge in [0.05, 0.1) is 11.0 Å². The molecule has 0 aliphatic heterocycles. The Morgan fingerprint density at radius 2 is 2.10 bits per heavy atom. The number of carbonyl (C=O) groups is 1. The van der Waals surface area contributed by atoms with Gasteiger partial charge in [0.15, 0.2) is 0 Å². The van der Waals surface area contributed by atoms with Crippen molar-refractivity contribution in [2.24, 2.45) is 0 Å². The van der Waals surface area contributed by atoms with Gasteiger partial charge in [0.2, 0.25) is 5.91 Å². The topological polar surface area (TPSA) is 64.0 Å².